The molecular weight excluding hydrogens is 408 g/mol. The first-order valence-electron chi connectivity index (χ1n) is 10.2. The molecule has 1 heterocycles. The Morgan fingerprint density at radius 1 is 1.38 bits per heavy atom. The van der Waals surface area contributed by atoms with Gasteiger partial charge in [-0.1, -0.05) is 18.2 Å². The van der Waals surface area contributed by atoms with Crippen molar-refractivity contribution in [3.63, 3.8) is 0 Å². The number of carbonyl (C=O) groups excluding carboxylic acids is 1. The largest absolute Gasteiger partial charge is 0.353 e. The Balaban J connectivity index is 1.42. The smallest absolute Gasteiger partial charge is 0.238 e. The number of nitrogens with two attached hydrogens (primary N) is 1. The predicted octanol–water partition coefficient (Wildman–Crippen LogP) is 2.74. The number of amides is 1. The fourth-order valence-electron chi connectivity index (χ4n) is 5.12. The summed E-state index contributed by atoms with van der Waals surface area (Å²) in [5.74, 6) is 2.56. The van der Waals surface area contributed by atoms with E-state index < -0.39 is 10.0 Å². The highest BCUT2D eigenvalue weighted by atomic mass is 32.2. The molecular formula is C20H28N4O3S2. The van der Waals surface area contributed by atoms with E-state index in [2.05, 4.69) is 17.2 Å². The number of carbonyl (C=O) groups is 1. The van der Waals surface area contributed by atoms with Gasteiger partial charge in [0.05, 0.1) is 21.7 Å². The maximum Gasteiger partial charge on any atom is 0.238 e. The van der Waals surface area contributed by atoms with E-state index in [1.807, 2.05) is 11.5 Å². The number of hydrogen-bond donors (Lipinski definition) is 2. The van der Waals surface area contributed by atoms with Crippen molar-refractivity contribution in [3.8, 4) is 0 Å². The second kappa shape index (κ2) is 7.92. The van der Waals surface area contributed by atoms with Crippen molar-refractivity contribution in [2.45, 2.75) is 62.2 Å². The fourth-order valence-corrected chi connectivity index (χ4v) is 6.54. The summed E-state index contributed by atoms with van der Waals surface area (Å²) < 4.78 is 25.2. The van der Waals surface area contributed by atoms with Gasteiger partial charge in [0.1, 0.15) is 0 Å². The molecule has 1 aromatic heterocycles. The minimum Gasteiger partial charge on any atom is -0.353 e. The average Bonchev–Trinajstić information content (AvgIpc) is 3.38. The lowest BCUT2D eigenvalue weighted by molar-refractivity contribution is -0.119. The van der Waals surface area contributed by atoms with Gasteiger partial charge in [0.25, 0.3) is 0 Å². The number of aryl methyl sites for hydroxylation is 1. The van der Waals surface area contributed by atoms with Crippen LogP contribution in [-0.4, -0.2) is 35.7 Å². The molecule has 0 saturated heterocycles. The van der Waals surface area contributed by atoms with Gasteiger partial charge in [-0.3, -0.25) is 4.79 Å². The normalized spacial score (nSPS) is 24.9. The van der Waals surface area contributed by atoms with Crippen molar-refractivity contribution in [3.05, 3.63) is 18.2 Å². The third kappa shape index (κ3) is 4.18. The van der Waals surface area contributed by atoms with E-state index in [0.717, 1.165) is 17.4 Å². The lowest BCUT2D eigenvalue weighted by atomic mass is 9.84. The summed E-state index contributed by atoms with van der Waals surface area (Å²) in [7, 11) is -3.78. The lowest BCUT2D eigenvalue weighted by Crippen LogP contribution is -2.40. The zero-order chi connectivity index (χ0) is 20.8. The number of fused-ring (bicyclic) bond motifs is 3. The van der Waals surface area contributed by atoms with E-state index in [-0.39, 0.29) is 22.6 Å². The molecule has 1 amide bonds. The molecule has 2 saturated carbocycles. The van der Waals surface area contributed by atoms with Crippen molar-refractivity contribution in [1.29, 1.82) is 0 Å². The number of benzene rings is 1. The quantitative estimate of drug-likeness (QED) is 0.649. The van der Waals surface area contributed by atoms with Crippen LogP contribution in [0.5, 0.6) is 0 Å². The number of thioether (sulfide) groups is 1. The minimum absolute atomic E-state index is 0.0187. The van der Waals surface area contributed by atoms with Crippen molar-refractivity contribution in [2.24, 2.45) is 22.9 Å². The zero-order valence-electron chi connectivity index (χ0n) is 16.8. The molecule has 1 aromatic carbocycles. The van der Waals surface area contributed by atoms with Crippen molar-refractivity contribution >= 4 is 38.7 Å². The Bertz CT molecular complexity index is 1030. The number of sulfonamides is 1. The second-order valence-corrected chi connectivity index (χ2v) is 10.8. The highest BCUT2D eigenvalue weighted by Gasteiger charge is 2.42. The standard InChI is InChI=1S/C20H28N4O3S2/c1-3-24-18-7-6-15(29(21,26)27)10-17(18)23-20(24)28-11-19(25)22-12(2)16-9-13-4-5-14(16)8-13/h6-7,10,12-14,16H,3-5,8-9,11H2,1-2H3,(H,22,25)(H2,21,26,27)/t12-,13-,14-,16+/m0/s1. The number of primary sulfonamides is 1. The van der Waals surface area contributed by atoms with Crippen LogP contribution in [0.2, 0.25) is 0 Å². The number of imidazole rings is 1. The predicted molar refractivity (Wildman–Crippen MR) is 114 cm³/mol. The van der Waals surface area contributed by atoms with Crippen LogP contribution in [0.3, 0.4) is 0 Å². The van der Waals surface area contributed by atoms with Crippen LogP contribution >= 0.6 is 11.8 Å². The third-order valence-corrected chi connectivity index (χ3v) is 8.37. The number of hydrogen-bond acceptors (Lipinski definition) is 5. The van der Waals surface area contributed by atoms with Crippen LogP contribution in [0.1, 0.15) is 39.5 Å². The van der Waals surface area contributed by atoms with E-state index in [9.17, 15) is 13.2 Å². The summed E-state index contributed by atoms with van der Waals surface area (Å²) in [6.07, 6.45) is 5.25. The van der Waals surface area contributed by atoms with Crippen LogP contribution in [0, 0.1) is 17.8 Å². The fraction of sp³-hybridized carbons (Fsp3) is 0.600. The summed E-state index contributed by atoms with van der Waals surface area (Å²) in [4.78, 5) is 17.1. The van der Waals surface area contributed by atoms with Gasteiger partial charge in [0, 0.05) is 12.6 Å². The molecule has 0 spiro atoms. The van der Waals surface area contributed by atoms with E-state index in [1.165, 1.54) is 49.6 Å². The van der Waals surface area contributed by atoms with E-state index in [1.54, 1.807) is 6.07 Å². The molecule has 0 radical (unpaired) electrons. The molecule has 0 unspecified atom stereocenters. The lowest BCUT2D eigenvalue weighted by Gasteiger charge is -2.28. The maximum atomic E-state index is 12.5. The van der Waals surface area contributed by atoms with Crippen LogP contribution < -0.4 is 10.5 Å². The first-order chi connectivity index (χ1) is 13.8. The topological polar surface area (TPSA) is 107 Å². The molecule has 4 atom stereocenters. The molecule has 158 valence electrons. The number of rotatable bonds is 7. The molecule has 4 rings (SSSR count). The first-order valence-corrected chi connectivity index (χ1v) is 12.7. The maximum absolute atomic E-state index is 12.5. The Morgan fingerprint density at radius 2 is 2.17 bits per heavy atom. The van der Waals surface area contributed by atoms with Gasteiger partial charge in [-0.2, -0.15) is 0 Å². The molecule has 2 aliphatic carbocycles. The van der Waals surface area contributed by atoms with Crippen molar-refractivity contribution < 1.29 is 13.2 Å². The van der Waals surface area contributed by atoms with Gasteiger partial charge in [-0.05, 0) is 69.1 Å². The van der Waals surface area contributed by atoms with Crippen LogP contribution in [0.4, 0.5) is 0 Å². The summed E-state index contributed by atoms with van der Waals surface area (Å²) in [5.41, 5.74) is 1.40. The molecule has 0 aliphatic heterocycles. The molecule has 7 nitrogen and oxygen atoms in total. The highest BCUT2D eigenvalue weighted by molar-refractivity contribution is 7.99. The van der Waals surface area contributed by atoms with Gasteiger partial charge in [-0.25, -0.2) is 18.5 Å². The molecule has 9 heteroatoms. The molecule has 3 N–H and O–H groups in total. The minimum atomic E-state index is -3.78. The molecule has 2 aliphatic rings. The van der Waals surface area contributed by atoms with Gasteiger partial charge in [0.15, 0.2) is 5.16 Å². The number of nitrogens with one attached hydrogen (secondary N) is 1. The van der Waals surface area contributed by atoms with Crippen molar-refractivity contribution in [2.75, 3.05) is 5.75 Å². The summed E-state index contributed by atoms with van der Waals surface area (Å²) in [6.45, 7) is 4.80. The molecule has 29 heavy (non-hydrogen) atoms. The van der Waals surface area contributed by atoms with Crippen LogP contribution in [0.25, 0.3) is 11.0 Å². The number of nitrogens with zero attached hydrogens (tertiary/aromatic N) is 2. The first kappa shape index (κ1) is 20.7. The van der Waals surface area contributed by atoms with Gasteiger partial charge >= 0.3 is 0 Å². The molecule has 2 fully saturated rings. The second-order valence-electron chi connectivity index (χ2n) is 8.32. The Morgan fingerprint density at radius 3 is 2.79 bits per heavy atom. The SMILES string of the molecule is CCn1c(SCC(=O)N[C@@H](C)[C@H]2C[C@H]3CC[C@H]2C3)nc2cc(S(N)(=O)=O)ccc21. The van der Waals surface area contributed by atoms with Crippen LogP contribution in [0.15, 0.2) is 28.3 Å². The Kier molecular flexibility index (Phi) is 5.65. The number of aromatic nitrogens is 2. The van der Waals surface area contributed by atoms with Gasteiger partial charge < -0.3 is 9.88 Å². The summed E-state index contributed by atoms with van der Waals surface area (Å²) in [5, 5.41) is 9.11. The molecule has 2 bridgehead atoms. The molecule has 2 aromatic rings. The zero-order valence-corrected chi connectivity index (χ0v) is 18.4. The average molecular weight is 437 g/mol. The highest BCUT2D eigenvalue weighted by Crippen LogP contribution is 2.49. The van der Waals surface area contributed by atoms with E-state index in [4.69, 9.17) is 5.14 Å². The third-order valence-electron chi connectivity index (χ3n) is 6.49. The summed E-state index contributed by atoms with van der Waals surface area (Å²) in [6, 6.07) is 4.90. The Hall–Kier alpha value is -1.58. The van der Waals surface area contributed by atoms with Gasteiger partial charge in [0.2, 0.25) is 15.9 Å². The summed E-state index contributed by atoms with van der Waals surface area (Å²) >= 11 is 1.38. The monoisotopic (exact) mass is 436 g/mol. The van der Waals surface area contributed by atoms with Crippen molar-refractivity contribution in [1.82, 2.24) is 14.9 Å². The van der Waals surface area contributed by atoms with Crippen LogP contribution in [-0.2, 0) is 21.4 Å². The van der Waals surface area contributed by atoms with Gasteiger partial charge in [-0.15, -0.1) is 0 Å². The van der Waals surface area contributed by atoms with E-state index in [0.29, 0.717) is 23.1 Å². The Labute approximate surface area is 175 Å². The van der Waals surface area contributed by atoms with E-state index >= 15 is 0 Å².